The van der Waals surface area contributed by atoms with E-state index in [1.54, 1.807) is 0 Å². The fourth-order valence-electron chi connectivity index (χ4n) is 4.80. The van der Waals surface area contributed by atoms with Crippen molar-refractivity contribution in [1.29, 1.82) is 0 Å². The predicted octanol–water partition coefficient (Wildman–Crippen LogP) is 5.92. The lowest BCUT2D eigenvalue weighted by molar-refractivity contribution is -0.252. The molecule has 0 saturated carbocycles. The Morgan fingerprint density at radius 1 is 1.02 bits per heavy atom. The molecule has 7 nitrogen and oxygen atoms in total. The Morgan fingerprint density at radius 2 is 1.75 bits per heavy atom. The molecule has 1 amide bonds. The number of likely N-dealkylation sites (N-methyl/N-ethyl adjacent to an activating group) is 1. The number of nitrogens with one attached hydrogen (secondary N) is 1. The summed E-state index contributed by atoms with van der Waals surface area (Å²) in [6.07, 6.45) is 2.97. The van der Waals surface area contributed by atoms with Crippen molar-refractivity contribution in [1.82, 2.24) is 10.2 Å². The highest BCUT2D eigenvalue weighted by molar-refractivity contribution is 5.70. The number of hydrogen-bond donors (Lipinski definition) is 2. The van der Waals surface area contributed by atoms with E-state index < -0.39 is 12.4 Å². The van der Waals surface area contributed by atoms with Gasteiger partial charge in [-0.05, 0) is 34.9 Å². The molecule has 4 rings (SSSR count). The van der Waals surface area contributed by atoms with Gasteiger partial charge in [-0.2, -0.15) is 0 Å². The molecule has 1 saturated heterocycles. The number of alkyl carbamates (subject to hydrolysis) is 1. The van der Waals surface area contributed by atoms with Crippen molar-refractivity contribution in [2.24, 2.45) is 0 Å². The fraction of sp³-hybridized carbons (Fsp3) is 0.303. The maximum atomic E-state index is 11.9. The van der Waals surface area contributed by atoms with Crippen LogP contribution in [0.3, 0.4) is 0 Å². The van der Waals surface area contributed by atoms with E-state index >= 15 is 0 Å². The summed E-state index contributed by atoms with van der Waals surface area (Å²) < 4.78 is 17.9. The zero-order valence-corrected chi connectivity index (χ0v) is 23.0. The SMILES string of the molecule is C=CCOC(=O)NCc1ccccc1-c1ccc([C@@H]2O[C@H](CN(C)CC=C)C[C@H](c3ccc(CO)cc3)O2)cc1. The highest BCUT2D eigenvalue weighted by atomic mass is 16.7. The summed E-state index contributed by atoms with van der Waals surface area (Å²) >= 11 is 0. The lowest BCUT2D eigenvalue weighted by Gasteiger charge is -2.37. The third-order valence-corrected chi connectivity index (χ3v) is 6.84. The Hall–Kier alpha value is -3.75. The van der Waals surface area contributed by atoms with Crippen LogP contribution in [0.2, 0.25) is 0 Å². The van der Waals surface area contributed by atoms with Crippen LogP contribution >= 0.6 is 0 Å². The van der Waals surface area contributed by atoms with Crippen molar-refractivity contribution in [3.63, 3.8) is 0 Å². The van der Waals surface area contributed by atoms with Gasteiger partial charge in [-0.15, -0.1) is 6.58 Å². The van der Waals surface area contributed by atoms with Gasteiger partial charge < -0.3 is 29.5 Å². The van der Waals surface area contributed by atoms with Crippen molar-refractivity contribution in [3.8, 4) is 11.1 Å². The number of rotatable bonds is 12. The number of aliphatic hydroxyl groups is 1. The highest BCUT2D eigenvalue weighted by Crippen LogP contribution is 2.38. The summed E-state index contributed by atoms with van der Waals surface area (Å²) in [5.41, 5.74) is 5.89. The molecule has 1 fully saturated rings. The van der Waals surface area contributed by atoms with Gasteiger partial charge in [0.1, 0.15) is 6.61 Å². The molecule has 0 radical (unpaired) electrons. The molecule has 40 heavy (non-hydrogen) atoms. The minimum Gasteiger partial charge on any atom is -0.445 e. The van der Waals surface area contributed by atoms with E-state index in [1.807, 2.05) is 66.7 Å². The zero-order chi connectivity index (χ0) is 28.3. The van der Waals surface area contributed by atoms with Crippen LogP contribution in [-0.2, 0) is 27.4 Å². The molecule has 0 unspecified atom stereocenters. The molecule has 3 aromatic rings. The fourth-order valence-corrected chi connectivity index (χ4v) is 4.80. The van der Waals surface area contributed by atoms with E-state index in [-0.39, 0.29) is 25.4 Å². The summed E-state index contributed by atoms with van der Waals surface area (Å²) in [5, 5.41) is 12.2. The van der Waals surface area contributed by atoms with Gasteiger partial charge in [-0.25, -0.2) is 4.79 Å². The van der Waals surface area contributed by atoms with Gasteiger partial charge in [-0.1, -0.05) is 91.5 Å². The largest absolute Gasteiger partial charge is 0.445 e. The molecule has 210 valence electrons. The molecule has 3 atom stereocenters. The monoisotopic (exact) mass is 542 g/mol. The summed E-state index contributed by atoms with van der Waals surface area (Å²) in [6, 6.07) is 24.0. The molecular weight excluding hydrogens is 504 g/mol. The van der Waals surface area contributed by atoms with E-state index in [4.69, 9.17) is 14.2 Å². The number of carbonyl (C=O) groups is 1. The van der Waals surface area contributed by atoms with Gasteiger partial charge in [0.2, 0.25) is 0 Å². The average molecular weight is 543 g/mol. The first-order chi connectivity index (χ1) is 19.5. The van der Waals surface area contributed by atoms with Crippen LogP contribution in [-0.4, -0.2) is 48.9 Å². The van der Waals surface area contributed by atoms with Crippen LogP contribution in [0.15, 0.2) is 98.1 Å². The van der Waals surface area contributed by atoms with Crippen LogP contribution in [0.5, 0.6) is 0 Å². The van der Waals surface area contributed by atoms with Gasteiger partial charge in [0.25, 0.3) is 0 Å². The first-order valence-corrected chi connectivity index (χ1v) is 13.5. The summed E-state index contributed by atoms with van der Waals surface area (Å²) in [7, 11) is 2.06. The summed E-state index contributed by atoms with van der Waals surface area (Å²) in [5.74, 6) is 0. The molecule has 0 aliphatic carbocycles. The molecule has 1 aliphatic rings. The molecule has 0 spiro atoms. The molecule has 0 aromatic heterocycles. The molecule has 3 aromatic carbocycles. The summed E-state index contributed by atoms with van der Waals surface area (Å²) in [6.45, 7) is 9.46. The van der Waals surface area contributed by atoms with E-state index in [1.165, 1.54) is 6.08 Å². The van der Waals surface area contributed by atoms with Crippen LogP contribution in [0, 0.1) is 0 Å². The first-order valence-electron chi connectivity index (χ1n) is 13.5. The first kappa shape index (κ1) is 29.2. The lowest BCUT2D eigenvalue weighted by atomic mass is 9.97. The van der Waals surface area contributed by atoms with E-state index in [0.29, 0.717) is 6.54 Å². The number of ether oxygens (including phenoxy) is 3. The van der Waals surface area contributed by atoms with Crippen molar-refractivity contribution in [2.45, 2.75) is 38.1 Å². The molecule has 1 heterocycles. The quantitative estimate of drug-likeness (QED) is 0.277. The van der Waals surface area contributed by atoms with Crippen molar-refractivity contribution >= 4 is 6.09 Å². The van der Waals surface area contributed by atoms with Gasteiger partial charge in [-0.3, -0.25) is 0 Å². The number of benzene rings is 3. The summed E-state index contributed by atoms with van der Waals surface area (Å²) in [4.78, 5) is 14.1. The van der Waals surface area contributed by atoms with Crippen molar-refractivity contribution in [2.75, 3.05) is 26.7 Å². The minimum atomic E-state index is -0.524. The molecule has 0 bridgehead atoms. The molecular formula is C33H38N2O5. The molecule has 7 heteroatoms. The Kier molecular flexibility index (Phi) is 10.7. The van der Waals surface area contributed by atoms with Gasteiger partial charge in [0, 0.05) is 31.6 Å². The minimum absolute atomic E-state index is 0.0114. The highest BCUT2D eigenvalue weighted by Gasteiger charge is 2.32. The maximum Gasteiger partial charge on any atom is 0.407 e. The predicted molar refractivity (Wildman–Crippen MR) is 156 cm³/mol. The molecule has 2 N–H and O–H groups in total. The van der Waals surface area contributed by atoms with Crippen LogP contribution in [0.4, 0.5) is 4.79 Å². The second-order valence-corrected chi connectivity index (χ2v) is 9.88. The van der Waals surface area contributed by atoms with E-state index in [2.05, 4.69) is 42.6 Å². The Bertz CT molecular complexity index is 1260. The topological polar surface area (TPSA) is 80.3 Å². The number of amides is 1. The third-order valence-electron chi connectivity index (χ3n) is 6.84. The number of carbonyl (C=O) groups excluding carboxylic acids is 1. The Morgan fingerprint density at radius 3 is 2.45 bits per heavy atom. The van der Waals surface area contributed by atoms with E-state index in [9.17, 15) is 9.90 Å². The van der Waals surface area contributed by atoms with Crippen LogP contribution in [0.1, 0.15) is 41.1 Å². The second-order valence-electron chi connectivity index (χ2n) is 9.88. The smallest absolute Gasteiger partial charge is 0.407 e. The van der Waals surface area contributed by atoms with Crippen molar-refractivity contribution < 1.29 is 24.1 Å². The van der Waals surface area contributed by atoms with Gasteiger partial charge in [0.05, 0.1) is 18.8 Å². The second kappa shape index (κ2) is 14.6. The standard InChI is InChI=1S/C33H38N2O5/c1-4-18-35(3)22-29-20-31(26-12-10-24(23-36)11-13-26)40-32(39-29)27-16-14-25(15-17-27)30-9-7-6-8-28(30)21-34-33(37)38-19-5-2/h4-17,29,31-32,36H,1-2,18-23H2,3H3,(H,34,37)/t29-,31+,32+/m0/s1. The Labute approximate surface area is 236 Å². The average Bonchev–Trinajstić information content (AvgIpc) is 2.99. The number of aliphatic hydroxyl groups excluding tert-OH is 1. The van der Waals surface area contributed by atoms with Crippen molar-refractivity contribution in [3.05, 3.63) is 120 Å². The normalized spacial score (nSPS) is 18.7. The van der Waals surface area contributed by atoms with Gasteiger partial charge in [0.15, 0.2) is 6.29 Å². The van der Waals surface area contributed by atoms with E-state index in [0.717, 1.165) is 52.9 Å². The van der Waals surface area contributed by atoms with Gasteiger partial charge >= 0.3 is 6.09 Å². The number of hydrogen-bond acceptors (Lipinski definition) is 6. The Balaban J connectivity index is 1.52. The maximum absolute atomic E-state index is 11.9. The number of nitrogens with zero attached hydrogens (tertiary/aromatic N) is 1. The third kappa shape index (κ3) is 7.90. The molecule has 1 aliphatic heterocycles. The zero-order valence-electron chi connectivity index (χ0n) is 23.0. The lowest BCUT2D eigenvalue weighted by Crippen LogP contribution is -2.37. The van der Waals surface area contributed by atoms with Crippen LogP contribution in [0.25, 0.3) is 11.1 Å². The van der Waals surface area contributed by atoms with Crippen LogP contribution < -0.4 is 5.32 Å².